The third-order valence-corrected chi connectivity index (χ3v) is 4.44. The lowest BCUT2D eigenvalue weighted by atomic mass is 10.00. The molecule has 5 N–H and O–H groups in total. The van der Waals surface area contributed by atoms with Crippen molar-refractivity contribution in [1.29, 1.82) is 5.41 Å². The van der Waals surface area contributed by atoms with E-state index in [4.69, 9.17) is 22.7 Å². The predicted molar refractivity (Wildman–Crippen MR) is 112 cm³/mol. The Labute approximate surface area is 162 Å². The summed E-state index contributed by atoms with van der Waals surface area (Å²) < 4.78 is 0. The molecule has 0 amide bonds. The van der Waals surface area contributed by atoms with E-state index in [2.05, 4.69) is 10.5 Å². The van der Waals surface area contributed by atoms with Gasteiger partial charge >= 0.3 is 0 Å². The molecule has 0 aromatic heterocycles. The maximum absolute atomic E-state index is 10.7. The van der Waals surface area contributed by atoms with E-state index in [1.54, 1.807) is 18.2 Å². The average molecular weight is 379 g/mol. The third kappa shape index (κ3) is 4.10. The molecule has 27 heavy (non-hydrogen) atoms. The molecule has 0 radical (unpaired) electrons. The van der Waals surface area contributed by atoms with E-state index in [9.17, 15) is 5.11 Å². The van der Waals surface area contributed by atoms with Crippen molar-refractivity contribution in [3.8, 4) is 16.9 Å². The Morgan fingerprint density at radius 1 is 1.04 bits per heavy atom. The fraction of sp³-hybridized carbons (Fsp3) is 0.0476. The number of hydrazone groups is 1. The molecule has 0 saturated carbocycles. The molecule has 0 fully saturated rings. The van der Waals surface area contributed by atoms with Gasteiger partial charge in [-0.25, -0.2) is 0 Å². The number of aromatic hydroxyl groups is 1. The van der Waals surface area contributed by atoms with Crippen LogP contribution in [0.15, 0.2) is 71.8 Å². The molecule has 0 spiro atoms. The first-order chi connectivity index (χ1) is 13.0. The van der Waals surface area contributed by atoms with Crippen molar-refractivity contribution < 1.29 is 5.11 Å². The molecule has 0 unspecified atom stereocenters. The molecule has 5 nitrogen and oxygen atoms in total. The summed E-state index contributed by atoms with van der Waals surface area (Å²) in [4.78, 5) is 0. The van der Waals surface area contributed by atoms with Gasteiger partial charge in [0.1, 0.15) is 11.6 Å². The molecule has 0 aliphatic rings. The summed E-state index contributed by atoms with van der Waals surface area (Å²) in [5.41, 5.74) is 12.4. The van der Waals surface area contributed by atoms with Crippen LogP contribution in [0, 0.1) is 5.41 Å². The van der Waals surface area contributed by atoms with Crippen molar-refractivity contribution in [2.45, 2.75) is 6.92 Å². The third-order valence-electron chi connectivity index (χ3n) is 4.12. The number of halogens is 1. The van der Waals surface area contributed by atoms with Crippen molar-refractivity contribution in [1.82, 2.24) is 0 Å². The van der Waals surface area contributed by atoms with Crippen LogP contribution in [0.2, 0.25) is 5.02 Å². The fourth-order valence-corrected chi connectivity index (χ4v) is 2.98. The number of amidine groups is 1. The van der Waals surface area contributed by atoms with Crippen LogP contribution in [0.1, 0.15) is 18.1 Å². The van der Waals surface area contributed by atoms with E-state index in [0.29, 0.717) is 27.5 Å². The summed E-state index contributed by atoms with van der Waals surface area (Å²) in [5, 5.41) is 22.9. The fourth-order valence-electron chi connectivity index (χ4n) is 2.70. The second-order valence-corrected chi connectivity index (χ2v) is 6.39. The number of anilines is 1. The lowest BCUT2D eigenvalue weighted by Crippen LogP contribution is -2.11. The molecule has 0 saturated heterocycles. The SMILES string of the molecule is C/C(=N\Nc1ccc(C(=N)N)c(Cl)c1)c1cccc(-c2ccccc2)c1O. The number of nitrogens with two attached hydrogens (primary N) is 1. The number of hydrogen-bond donors (Lipinski definition) is 4. The van der Waals surface area contributed by atoms with Gasteiger partial charge in [-0.15, -0.1) is 0 Å². The van der Waals surface area contributed by atoms with Crippen molar-refractivity contribution in [3.63, 3.8) is 0 Å². The summed E-state index contributed by atoms with van der Waals surface area (Å²) >= 11 is 6.12. The number of nitrogen functional groups attached to an aromatic ring is 1. The van der Waals surface area contributed by atoms with Crippen molar-refractivity contribution in [2.24, 2.45) is 10.8 Å². The number of para-hydroxylation sites is 1. The lowest BCUT2D eigenvalue weighted by Gasteiger charge is -2.11. The predicted octanol–water partition coefficient (Wildman–Crippen LogP) is 4.83. The minimum Gasteiger partial charge on any atom is -0.507 e. The molecule has 136 valence electrons. The number of nitrogens with one attached hydrogen (secondary N) is 2. The van der Waals surface area contributed by atoms with Crippen LogP contribution in [0.3, 0.4) is 0 Å². The largest absolute Gasteiger partial charge is 0.507 e. The zero-order chi connectivity index (χ0) is 19.4. The van der Waals surface area contributed by atoms with Gasteiger partial charge < -0.3 is 10.8 Å². The summed E-state index contributed by atoms with van der Waals surface area (Å²) in [6, 6.07) is 20.3. The Balaban J connectivity index is 1.87. The molecule has 6 heteroatoms. The first kappa shape index (κ1) is 18.5. The first-order valence-corrected chi connectivity index (χ1v) is 8.67. The van der Waals surface area contributed by atoms with Gasteiger partial charge in [0.15, 0.2) is 0 Å². The van der Waals surface area contributed by atoms with Crippen LogP contribution in [0.4, 0.5) is 5.69 Å². The number of phenols is 1. The Hall–Kier alpha value is -3.31. The van der Waals surface area contributed by atoms with Crippen LogP contribution in [0.5, 0.6) is 5.75 Å². The summed E-state index contributed by atoms with van der Waals surface area (Å²) in [6.45, 7) is 1.81. The van der Waals surface area contributed by atoms with E-state index in [1.165, 1.54) is 0 Å². The van der Waals surface area contributed by atoms with E-state index >= 15 is 0 Å². The van der Waals surface area contributed by atoms with Gasteiger partial charge in [0.05, 0.1) is 16.4 Å². The molecule has 0 atom stereocenters. The van der Waals surface area contributed by atoms with Crippen LogP contribution in [-0.4, -0.2) is 16.7 Å². The Morgan fingerprint density at radius 3 is 2.44 bits per heavy atom. The number of nitrogens with zero attached hydrogens (tertiary/aromatic N) is 1. The Bertz CT molecular complexity index is 1020. The van der Waals surface area contributed by atoms with Crippen molar-refractivity contribution in [3.05, 3.63) is 82.9 Å². The number of phenolic OH excluding ortho intramolecular Hbond substituents is 1. The quantitative estimate of drug-likeness (QED) is 0.291. The Kier molecular flexibility index (Phi) is 5.43. The lowest BCUT2D eigenvalue weighted by molar-refractivity contribution is 0.476. The molecule has 3 aromatic carbocycles. The maximum atomic E-state index is 10.7. The highest BCUT2D eigenvalue weighted by atomic mass is 35.5. The van der Waals surface area contributed by atoms with Crippen molar-refractivity contribution >= 4 is 28.8 Å². The van der Waals surface area contributed by atoms with Crippen LogP contribution in [-0.2, 0) is 0 Å². The van der Waals surface area contributed by atoms with E-state index < -0.39 is 0 Å². The zero-order valence-corrected chi connectivity index (χ0v) is 15.5. The molecule has 0 bridgehead atoms. The van der Waals surface area contributed by atoms with Gasteiger partial charge in [-0.05, 0) is 36.8 Å². The molecule has 0 aliphatic carbocycles. The number of rotatable bonds is 5. The average Bonchev–Trinajstić information content (AvgIpc) is 2.66. The van der Waals surface area contributed by atoms with Gasteiger partial charge in [0, 0.05) is 16.7 Å². The number of hydrogen-bond acceptors (Lipinski definition) is 4. The highest BCUT2D eigenvalue weighted by Crippen LogP contribution is 2.32. The van der Waals surface area contributed by atoms with Gasteiger partial charge in [-0.3, -0.25) is 10.8 Å². The van der Waals surface area contributed by atoms with E-state index in [0.717, 1.165) is 11.1 Å². The van der Waals surface area contributed by atoms with Crippen LogP contribution < -0.4 is 11.2 Å². The second kappa shape index (κ2) is 7.93. The molecule has 3 aromatic rings. The topological polar surface area (TPSA) is 94.5 Å². The zero-order valence-electron chi connectivity index (χ0n) is 14.7. The minimum absolute atomic E-state index is 0.0890. The minimum atomic E-state index is -0.0890. The second-order valence-electron chi connectivity index (χ2n) is 5.99. The smallest absolute Gasteiger partial charge is 0.132 e. The van der Waals surface area contributed by atoms with Gasteiger partial charge in [0.25, 0.3) is 0 Å². The number of benzene rings is 3. The normalized spacial score (nSPS) is 11.3. The summed E-state index contributed by atoms with van der Waals surface area (Å²) in [5.74, 6) is 0.0885. The van der Waals surface area contributed by atoms with E-state index in [1.807, 2.05) is 55.5 Å². The standard InChI is InChI=1S/C21H19ClN4O/c1-13(25-26-15-10-11-18(21(23)24)19(22)12-15)16-8-5-9-17(20(16)27)14-6-3-2-4-7-14/h2-12,26-27H,1H3,(H3,23,24)/b25-13+. The summed E-state index contributed by atoms with van der Waals surface area (Å²) in [7, 11) is 0. The molecular formula is C21H19ClN4O. The first-order valence-electron chi connectivity index (χ1n) is 8.29. The van der Waals surface area contributed by atoms with Gasteiger partial charge in [-0.2, -0.15) is 5.10 Å². The molecule has 0 aliphatic heterocycles. The molecular weight excluding hydrogens is 360 g/mol. The molecule has 3 rings (SSSR count). The van der Waals surface area contributed by atoms with Crippen LogP contribution in [0.25, 0.3) is 11.1 Å². The molecule has 0 heterocycles. The van der Waals surface area contributed by atoms with Gasteiger partial charge in [-0.1, -0.05) is 54.1 Å². The highest BCUT2D eigenvalue weighted by Gasteiger charge is 2.11. The maximum Gasteiger partial charge on any atom is 0.132 e. The van der Waals surface area contributed by atoms with Crippen molar-refractivity contribution in [2.75, 3.05) is 5.43 Å². The van der Waals surface area contributed by atoms with Crippen LogP contribution >= 0.6 is 11.6 Å². The Morgan fingerprint density at radius 2 is 1.78 bits per heavy atom. The van der Waals surface area contributed by atoms with E-state index in [-0.39, 0.29) is 11.6 Å². The van der Waals surface area contributed by atoms with Gasteiger partial charge in [0.2, 0.25) is 0 Å². The monoisotopic (exact) mass is 378 g/mol. The summed E-state index contributed by atoms with van der Waals surface area (Å²) in [6.07, 6.45) is 0. The highest BCUT2D eigenvalue weighted by molar-refractivity contribution is 6.34.